The second-order valence-electron chi connectivity index (χ2n) is 11.0. The second-order valence-corrected chi connectivity index (χ2v) is 11.0. The Bertz CT molecular complexity index is 2070. The third-order valence-electron chi connectivity index (χ3n) is 8.13. The molecule has 0 saturated carbocycles. The van der Waals surface area contributed by atoms with Crippen LogP contribution >= 0.6 is 0 Å². The highest BCUT2D eigenvalue weighted by atomic mass is 16.3. The van der Waals surface area contributed by atoms with Gasteiger partial charge in [0.05, 0.1) is 11.4 Å². The molecule has 44 heavy (non-hydrogen) atoms. The van der Waals surface area contributed by atoms with Crippen molar-refractivity contribution in [3.05, 3.63) is 169 Å². The Balaban J connectivity index is 1.33. The standard InChI is InChI=1S/C40H28N2O2/c1-3-11-27(12-4-1)23-31-25-43-39(41-31)35-21-19-29-15-7-9-17-33(29)37(35)38-34-18-10-8-16-30(34)20-22-36(38)40-42-32(26-44-40)24-28-13-5-2-6-14-28/h1-22,25-26H,23-24H2. The van der Waals surface area contributed by atoms with Gasteiger partial charge in [0, 0.05) is 35.1 Å². The summed E-state index contributed by atoms with van der Waals surface area (Å²) in [5, 5.41) is 4.50. The fourth-order valence-corrected chi connectivity index (χ4v) is 6.07. The normalized spacial score (nSPS) is 11.4. The molecular weight excluding hydrogens is 540 g/mol. The zero-order chi connectivity index (χ0) is 29.3. The largest absolute Gasteiger partial charge is 0.444 e. The van der Waals surface area contributed by atoms with Crippen molar-refractivity contribution in [1.82, 2.24) is 9.97 Å². The molecular formula is C40H28N2O2. The minimum atomic E-state index is 0.590. The van der Waals surface area contributed by atoms with Crippen molar-refractivity contribution in [1.29, 1.82) is 0 Å². The van der Waals surface area contributed by atoms with E-state index in [0.29, 0.717) is 24.6 Å². The molecule has 0 fully saturated rings. The zero-order valence-corrected chi connectivity index (χ0v) is 24.0. The van der Waals surface area contributed by atoms with Crippen LogP contribution in [0.4, 0.5) is 0 Å². The van der Waals surface area contributed by atoms with Crippen LogP contribution in [0.2, 0.25) is 0 Å². The summed E-state index contributed by atoms with van der Waals surface area (Å²) in [6.45, 7) is 0. The van der Waals surface area contributed by atoms with Crippen molar-refractivity contribution in [2.45, 2.75) is 12.8 Å². The lowest BCUT2D eigenvalue weighted by molar-refractivity contribution is 0.572. The van der Waals surface area contributed by atoms with Crippen molar-refractivity contribution in [2.24, 2.45) is 0 Å². The summed E-state index contributed by atoms with van der Waals surface area (Å²) in [4.78, 5) is 9.99. The summed E-state index contributed by atoms with van der Waals surface area (Å²) in [6.07, 6.45) is 4.95. The topological polar surface area (TPSA) is 52.1 Å². The molecule has 0 bridgehead atoms. The Morgan fingerprint density at radius 3 is 1.27 bits per heavy atom. The molecule has 0 radical (unpaired) electrons. The Kier molecular flexibility index (Phi) is 6.58. The van der Waals surface area contributed by atoms with Gasteiger partial charge in [-0.15, -0.1) is 0 Å². The van der Waals surface area contributed by atoms with Crippen LogP contribution in [-0.2, 0) is 12.8 Å². The predicted octanol–water partition coefficient (Wildman–Crippen LogP) is 10.2. The van der Waals surface area contributed by atoms with Crippen molar-refractivity contribution < 1.29 is 8.83 Å². The maximum Gasteiger partial charge on any atom is 0.226 e. The summed E-state index contributed by atoms with van der Waals surface area (Å²) in [7, 11) is 0. The van der Waals surface area contributed by atoms with E-state index in [0.717, 1.165) is 55.2 Å². The second kappa shape index (κ2) is 11.2. The maximum absolute atomic E-state index is 6.21. The highest BCUT2D eigenvalue weighted by Gasteiger charge is 2.23. The van der Waals surface area contributed by atoms with Gasteiger partial charge in [0.15, 0.2) is 0 Å². The number of fused-ring (bicyclic) bond motifs is 2. The molecule has 8 rings (SSSR count). The van der Waals surface area contributed by atoms with Crippen molar-refractivity contribution in [3.63, 3.8) is 0 Å². The van der Waals surface area contributed by atoms with Crippen LogP contribution in [0.3, 0.4) is 0 Å². The Morgan fingerprint density at radius 1 is 0.409 bits per heavy atom. The van der Waals surface area contributed by atoms with E-state index in [9.17, 15) is 0 Å². The lowest BCUT2D eigenvalue weighted by Gasteiger charge is -2.17. The van der Waals surface area contributed by atoms with Crippen LogP contribution in [-0.4, -0.2) is 9.97 Å². The maximum atomic E-state index is 6.21. The number of hydrogen-bond acceptors (Lipinski definition) is 4. The number of hydrogen-bond donors (Lipinski definition) is 0. The summed E-state index contributed by atoms with van der Waals surface area (Å²) < 4.78 is 12.4. The molecule has 6 aromatic carbocycles. The van der Waals surface area contributed by atoms with Gasteiger partial charge >= 0.3 is 0 Å². The number of nitrogens with zero attached hydrogens (tertiary/aromatic N) is 2. The lowest BCUT2D eigenvalue weighted by atomic mass is 9.87. The first kappa shape index (κ1) is 25.9. The molecule has 210 valence electrons. The average Bonchev–Trinajstić information content (AvgIpc) is 3.74. The molecule has 8 aromatic rings. The molecule has 0 aliphatic carbocycles. The molecule has 4 heteroatoms. The molecule has 0 aliphatic rings. The molecule has 0 aliphatic heterocycles. The van der Waals surface area contributed by atoms with Gasteiger partial charge in [0.2, 0.25) is 11.8 Å². The van der Waals surface area contributed by atoms with Gasteiger partial charge in [-0.2, -0.15) is 0 Å². The first-order valence-electron chi connectivity index (χ1n) is 14.8. The molecule has 2 heterocycles. The van der Waals surface area contributed by atoms with Gasteiger partial charge in [0.1, 0.15) is 12.5 Å². The van der Waals surface area contributed by atoms with Crippen LogP contribution in [0.1, 0.15) is 22.5 Å². The molecule has 0 atom stereocenters. The summed E-state index contributed by atoms with van der Waals surface area (Å²) >= 11 is 0. The third kappa shape index (κ3) is 4.87. The van der Waals surface area contributed by atoms with E-state index in [4.69, 9.17) is 18.8 Å². The van der Waals surface area contributed by atoms with Crippen LogP contribution in [0.25, 0.3) is 55.6 Å². The summed E-state index contributed by atoms with van der Waals surface area (Å²) in [5.41, 5.74) is 8.11. The van der Waals surface area contributed by atoms with Crippen LogP contribution in [0, 0.1) is 0 Å². The summed E-state index contributed by atoms with van der Waals surface area (Å²) in [6, 6.07) is 46.2. The number of aromatic nitrogens is 2. The van der Waals surface area contributed by atoms with E-state index in [1.165, 1.54) is 11.1 Å². The van der Waals surface area contributed by atoms with E-state index in [1.54, 1.807) is 12.5 Å². The molecule has 0 saturated heterocycles. The Morgan fingerprint density at radius 2 is 0.818 bits per heavy atom. The van der Waals surface area contributed by atoms with Crippen molar-refractivity contribution in [3.8, 4) is 34.0 Å². The molecule has 0 spiro atoms. The average molecular weight is 569 g/mol. The van der Waals surface area contributed by atoms with Gasteiger partial charge in [-0.05, 0) is 44.8 Å². The smallest absolute Gasteiger partial charge is 0.226 e. The lowest BCUT2D eigenvalue weighted by Crippen LogP contribution is -1.94. The first-order chi connectivity index (χ1) is 21.8. The Hall–Kier alpha value is -5.74. The third-order valence-corrected chi connectivity index (χ3v) is 8.13. The summed E-state index contributed by atoms with van der Waals surface area (Å²) in [5.74, 6) is 1.18. The Labute approximate surface area is 255 Å². The number of oxazole rings is 2. The van der Waals surface area contributed by atoms with Crippen LogP contribution in [0.15, 0.2) is 155 Å². The van der Waals surface area contributed by atoms with E-state index >= 15 is 0 Å². The van der Waals surface area contributed by atoms with E-state index in [1.807, 2.05) is 36.4 Å². The van der Waals surface area contributed by atoms with Gasteiger partial charge in [-0.3, -0.25) is 0 Å². The predicted molar refractivity (Wildman–Crippen MR) is 176 cm³/mol. The zero-order valence-electron chi connectivity index (χ0n) is 24.0. The quantitative estimate of drug-likeness (QED) is 0.192. The van der Waals surface area contributed by atoms with Crippen molar-refractivity contribution >= 4 is 21.5 Å². The fourth-order valence-electron chi connectivity index (χ4n) is 6.07. The SMILES string of the molecule is c1ccc(Cc2coc(-c3ccc4ccccc4c3-c3c(-c4nc(Cc5ccccc5)co4)ccc4ccccc34)n2)cc1. The highest BCUT2D eigenvalue weighted by molar-refractivity contribution is 6.13. The van der Waals surface area contributed by atoms with Gasteiger partial charge < -0.3 is 8.83 Å². The molecule has 2 aromatic heterocycles. The highest BCUT2D eigenvalue weighted by Crippen LogP contribution is 2.45. The number of rotatable bonds is 7. The van der Waals surface area contributed by atoms with Crippen molar-refractivity contribution in [2.75, 3.05) is 0 Å². The first-order valence-corrected chi connectivity index (χ1v) is 14.8. The minimum absolute atomic E-state index is 0.590. The van der Waals surface area contributed by atoms with Crippen LogP contribution < -0.4 is 0 Å². The van der Waals surface area contributed by atoms with E-state index < -0.39 is 0 Å². The van der Waals surface area contributed by atoms with Crippen LogP contribution in [0.5, 0.6) is 0 Å². The van der Waals surface area contributed by atoms with Gasteiger partial charge in [0.25, 0.3) is 0 Å². The molecule has 0 N–H and O–H groups in total. The molecule has 4 nitrogen and oxygen atoms in total. The van der Waals surface area contributed by atoms with Gasteiger partial charge in [-0.1, -0.05) is 121 Å². The molecule has 0 unspecified atom stereocenters. The van der Waals surface area contributed by atoms with E-state index in [-0.39, 0.29) is 0 Å². The number of benzene rings is 6. The minimum Gasteiger partial charge on any atom is -0.444 e. The van der Waals surface area contributed by atoms with E-state index in [2.05, 4.69) is 97.1 Å². The monoisotopic (exact) mass is 568 g/mol. The van der Waals surface area contributed by atoms with Gasteiger partial charge in [-0.25, -0.2) is 9.97 Å². The molecule has 0 amide bonds. The fraction of sp³-hybridized carbons (Fsp3) is 0.0500.